The van der Waals surface area contributed by atoms with Gasteiger partial charge < -0.3 is 15.2 Å². The van der Waals surface area contributed by atoms with Gasteiger partial charge in [-0.2, -0.15) is 0 Å². The number of para-hydroxylation sites is 2. The van der Waals surface area contributed by atoms with Crippen LogP contribution in [0.3, 0.4) is 0 Å². The maximum absolute atomic E-state index is 12.0. The van der Waals surface area contributed by atoms with Crippen molar-refractivity contribution >= 4 is 16.9 Å². The van der Waals surface area contributed by atoms with Crippen molar-refractivity contribution in [1.82, 2.24) is 14.5 Å². The number of benzene rings is 1. The molecule has 5 nitrogen and oxygen atoms in total. The molecule has 0 bridgehead atoms. The predicted octanol–water partition coefficient (Wildman–Crippen LogP) is 1.13. The Kier molecular flexibility index (Phi) is 3.85. The number of aryl methyl sites for hydroxylation is 1. The molecule has 1 aromatic carbocycles. The average molecular weight is 260 g/mol. The standard InChI is InChI=1S/C14H20N4O/c1-10(8-15)14(19)17(2)9-13-16-11-6-4-5-7-12(11)18(13)3/h4-7,10H,8-9,15H2,1-3H3. The Morgan fingerprint density at radius 3 is 2.79 bits per heavy atom. The van der Waals surface area contributed by atoms with Crippen LogP contribution in [0.2, 0.25) is 0 Å². The quantitative estimate of drug-likeness (QED) is 0.896. The van der Waals surface area contributed by atoms with Gasteiger partial charge in [-0.1, -0.05) is 19.1 Å². The smallest absolute Gasteiger partial charge is 0.226 e. The normalized spacial score (nSPS) is 12.6. The highest BCUT2D eigenvalue weighted by atomic mass is 16.2. The summed E-state index contributed by atoms with van der Waals surface area (Å²) in [4.78, 5) is 18.3. The molecule has 2 rings (SSSR count). The summed E-state index contributed by atoms with van der Waals surface area (Å²) in [7, 11) is 3.75. The first-order valence-electron chi connectivity index (χ1n) is 6.40. The van der Waals surface area contributed by atoms with Crippen molar-refractivity contribution in [3.63, 3.8) is 0 Å². The van der Waals surface area contributed by atoms with Crippen LogP contribution in [0.5, 0.6) is 0 Å². The van der Waals surface area contributed by atoms with E-state index in [2.05, 4.69) is 4.98 Å². The molecule has 5 heteroatoms. The lowest BCUT2D eigenvalue weighted by molar-refractivity contribution is -0.134. The summed E-state index contributed by atoms with van der Waals surface area (Å²) in [6, 6.07) is 7.95. The Morgan fingerprint density at radius 1 is 1.47 bits per heavy atom. The fourth-order valence-electron chi connectivity index (χ4n) is 2.10. The van der Waals surface area contributed by atoms with Gasteiger partial charge in [0, 0.05) is 26.6 Å². The molecule has 0 aliphatic heterocycles. The number of nitrogens with two attached hydrogens (primary N) is 1. The zero-order chi connectivity index (χ0) is 14.0. The summed E-state index contributed by atoms with van der Waals surface area (Å²) in [5, 5.41) is 0. The second kappa shape index (κ2) is 5.40. The number of hydrogen-bond acceptors (Lipinski definition) is 3. The SMILES string of the molecule is CC(CN)C(=O)N(C)Cc1nc2ccccc2n1C. The summed E-state index contributed by atoms with van der Waals surface area (Å²) in [6.45, 7) is 2.70. The third-order valence-electron chi connectivity index (χ3n) is 3.41. The Balaban J connectivity index is 2.22. The molecule has 0 fully saturated rings. The van der Waals surface area contributed by atoms with Crippen molar-refractivity contribution in [2.24, 2.45) is 18.7 Å². The lowest BCUT2D eigenvalue weighted by atomic mass is 10.1. The fourth-order valence-corrected chi connectivity index (χ4v) is 2.10. The van der Waals surface area contributed by atoms with Crippen LogP contribution >= 0.6 is 0 Å². The van der Waals surface area contributed by atoms with Gasteiger partial charge in [0.15, 0.2) is 0 Å². The van der Waals surface area contributed by atoms with E-state index in [-0.39, 0.29) is 11.8 Å². The minimum absolute atomic E-state index is 0.0505. The fraction of sp³-hybridized carbons (Fsp3) is 0.429. The maximum Gasteiger partial charge on any atom is 0.226 e. The number of imidazole rings is 1. The largest absolute Gasteiger partial charge is 0.338 e. The van der Waals surface area contributed by atoms with E-state index < -0.39 is 0 Å². The van der Waals surface area contributed by atoms with Crippen LogP contribution in [-0.2, 0) is 18.4 Å². The summed E-state index contributed by atoms with van der Waals surface area (Å²) in [5.41, 5.74) is 7.55. The number of carbonyl (C=O) groups excluding carboxylic acids is 1. The Labute approximate surface area is 113 Å². The maximum atomic E-state index is 12.0. The van der Waals surface area contributed by atoms with Crippen molar-refractivity contribution in [3.8, 4) is 0 Å². The van der Waals surface area contributed by atoms with Gasteiger partial charge >= 0.3 is 0 Å². The van der Waals surface area contributed by atoms with Crippen molar-refractivity contribution in [2.75, 3.05) is 13.6 Å². The molecule has 19 heavy (non-hydrogen) atoms. The number of amides is 1. The molecule has 0 aliphatic rings. The number of fused-ring (bicyclic) bond motifs is 1. The van der Waals surface area contributed by atoms with E-state index in [0.29, 0.717) is 13.1 Å². The topological polar surface area (TPSA) is 64.2 Å². The second-order valence-electron chi connectivity index (χ2n) is 4.91. The molecule has 102 valence electrons. The van der Waals surface area contributed by atoms with E-state index in [1.807, 2.05) is 42.8 Å². The van der Waals surface area contributed by atoms with Gasteiger partial charge in [0.25, 0.3) is 0 Å². The summed E-state index contributed by atoms with van der Waals surface area (Å²) in [6.07, 6.45) is 0. The Bertz CT molecular complexity index is 590. The van der Waals surface area contributed by atoms with Crippen LogP contribution < -0.4 is 5.73 Å². The molecule has 1 atom stereocenters. The molecule has 1 aromatic heterocycles. The molecule has 1 unspecified atom stereocenters. The minimum Gasteiger partial charge on any atom is -0.338 e. The van der Waals surface area contributed by atoms with Gasteiger partial charge in [0.1, 0.15) is 5.82 Å². The molecule has 0 saturated carbocycles. The molecule has 1 amide bonds. The van der Waals surface area contributed by atoms with Gasteiger partial charge in [-0.3, -0.25) is 4.79 Å². The lowest BCUT2D eigenvalue weighted by Gasteiger charge is -2.20. The Morgan fingerprint density at radius 2 is 2.16 bits per heavy atom. The summed E-state index contributed by atoms with van der Waals surface area (Å²) >= 11 is 0. The molecule has 0 radical (unpaired) electrons. The predicted molar refractivity (Wildman–Crippen MR) is 75.4 cm³/mol. The minimum atomic E-state index is -0.153. The van der Waals surface area contributed by atoms with Crippen molar-refractivity contribution in [2.45, 2.75) is 13.5 Å². The van der Waals surface area contributed by atoms with Crippen molar-refractivity contribution in [3.05, 3.63) is 30.1 Å². The zero-order valence-electron chi connectivity index (χ0n) is 11.6. The average Bonchev–Trinajstić information content (AvgIpc) is 2.74. The highest BCUT2D eigenvalue weighted by Gasteiger charge is 2.18. The summed E-state index contributed by atoms with van der Waals surface area (Å²) in [5.74, 6) is 0.774. The van der Waals surface area contributed by atoms with Crippen LogP contribution in [0.15, 0.2) is 24.3 Å². The molecule has 2 aromatic rings. The van der Waals surface area contributed by atoms with E-state index in [9.17, 15) is 4.79 Å². The van der Waals surface area contributed by atoms with Gasteiger partial charge in [0.05, 0.1) is 17.6 Å². The summed E-state index contributed by atoms with van der Waals surface area (Å²) < 4.78 is 2.02. The molecule has 0 aliphatic carbocycles. The first-order valence-corrected chi connectivity index (χ1v) is 6.40. The number of rotatable bonds is 4. The highest BCUT2D eigenvalue weighted by molar-refractivity contribution is 5.79. The highest BCUT2D eigenvalue weighted by Crippen LogP contribution is 2.15. The van der Waals surface area contributed by atoms with E-state index in [4.69, 9.17) is 5.73 Å². The Hall–Kier alpha value is -1.88. The molecule has 0 saturated heterocycles. The molecule has 1 heterocycles. The van der Waals surface area contributed by atoms with E-state index >= 15 is 0 Å². The van der Waals surface area contributed by atoms with Gasteiger partial charge in [-0.15, -0.1) is 0 Å². The van der Waals surface area contributed by atoms with E-state index in [1.54, 1.807) is 11.9 Å². The van der Waals surface area contributed by atoms with E-state index in [0.717, 1.165) is 16.9 Å². The zero-order valence-corrected chi connectivity index (χ0v) is 11.6. The molecule has 2 N–H and O–H groups in total. The van der Waals surface area contributed by atoms with Crippen LogP contribution in [-0.4, -0.2) is 34.0 Å². The molecular formula is C14H20N4O. The van der Waals surface area contributed by atoms with Gasteiger partial charge in [-0.05, 0) is 12.1 Å². The first-order chi connectivity index (χ1) is 9.04. The van der Waals surface area contributed by atoms with Gasteiger partial charge in [0.2, 0.25) is 5.91 Å². The number of aromatic nitrogens is 2. The van der Waals surface area contributed by atoms with Gasteiger partial charge in [-0.25, -0.2) is 4.98 Å². The van der Waals surface area contributed by atoms with Crippen LogP contribution in [0.4, 0.5) is 0 Å². The van der Waals surface area contributed by atoms with Crippen LogP contribution in [0, 0.1) is 5.92 Å². The third-order valence-corrected chi connectivity index (χ3v) is 3.41. The van der Waals surface area contributed by atoms with Crippen LogP contribution in [0.1, 0.15) is 12.7 Å². The number of nitrogens with zero attached hydrogens (tertiary/aromatic N) is 3. The van der Waals surface area contributed by atoms with Crippen molar-refractivity contribution in [1.29, 1.82) is 0 Å². The monoisotopic (exact) mass is 260 g/mol. The third kappa shape index (κ3) is 2.61. The molecular weight excluding hydrogens is 240 g/mol. The van der Waals surface area contributed by atoms with Crippen LogP contribution in [0.25, 0.3) is 11.0 Å². The molecule has 0 spiro atoms. The second-order valence-corrected chi connectivity index (χ2v) is 4.91. The number of carbonyl (C=O) groups is 1. The van der Waals surface area contributed by atoms with Crippen molar-refractivity contribution < 1.29 is 4.79 Å². The lowest BCUT2D eigenvalue weighted by Crippen LogP contribution is -2.35. The number of hydrogen-bond donors (Lipinski definition) is 1. The first kappa shape index (κ1) is 13.5. The van der Waals surface area contributed by atoms with E-state index in [1.165, 1.54) is 0 Å².